The van der Waals surface area contributed by atoms with E-state index in [1.165, 1.54) is 6.07 Å². The first-order valence-electron chi connectivity index (χ1n) is 11.5. The summed E-state index contributed by atoms with van der Waals surface area (Å²) in [7, 11) is 1.82. The first-order valence-corrected chi connectivity index (χ1v) is 11.5. The molecule has 0 bridgehead atoms. The molecule has 1 aromatic heterocycles. The van der Waals surface area contributed by atoms with Gasteiger partial charge in [0.15, 0.2) is 11.6 Å². The zero-order chi connectivity index (χ0) is 22.5. The molecule has 170 valence electrons. The second kappa shape index (κ2) is 10.3. The summed E-state index contributed by atoms with van der Waals surface area (Å²) in [6.45, 7) is 3.35. The Morgan fingerprint density at radius 3 is 2.56 bits per heavy atom. The van der Waals surface area contributed by atoms with Gasteiger partial charge >= 0.3 is 0 Å². The number of aromatic nitrogens is 2. The van der Waals surface area contributed by atoms with Crippen LogP contribution in [0, 0.1) is 5.82 Å². The van der Waals surface area contributed by atoms with Gasteiger partial charge in [0.2, 0.25) is 5.88 Å². The Labute approximate surface area is 189 Å². The normalized spacial score (nSPS) is 14.7. The van der Waals surface area contributed by atoms with E-state index in [0.717, 1.165) is 48.9 Å². The number of aliphatic hydroxyl groups is 1. The van der Waals surface area contributed by atoms with E-state index < -0.39 is 5.82 Å². The van der Waals surface area contributed by atoms with E-state index in [2.05, 4.69) is 11.8 Å². The van der Waals surface area contributed by atoms with Gasteiger partial charge < -0.3 is 9.84 Å². The lowest BCUT2D eigenvalue weighted by atomic mass is 10.1. The predicted octanol–water partition coefficient (Wildman–Crippen LogP) is 5.53. The average Bonchev–Trinajstić information content (AvgIpc) is 3.60. The van der Waals surface area contributed by atoms with Gasteiger partial charge in [0.1, 0.15) is 5.69 Å². The fourth-order valence-corrected chi connectivity index (χ4v) is 4.07. The molecule has 0 amide bonds. The lowest BCUT2D eigenvalue weighted by molar-refractivity contribution is 0.0950. The Morgan fingerprint density at radius 1 is 1.16 bits per heavy atom. The van der Waals surface area contributed by atoms with E-state index in [9.17, 15) is 9.50 Å². The Balaban J connectivity index is 1.68. The van der Waals surface area contributed by atoms with Crippen LogP contribution in [0.2, 0.25) is 0 Å². The lowest BCUT2D eigenvalue weighted by Crippen LogP contribution is -2.34. The van der Waals surface area contributed by atoms with E-state index in [4.69, 9.17) is 9.84 Å². The molecule has 2 aromatic carbocycles. The largest absolute Gasteiger partial charge is 0.436 e. The van der Waals surface area contributed by atoms with Crippen molar-refractivity contribution in [2.75, 3.05) is 6.54 Å². The topological polar surface area (TPSA) is 50.5 Å². The Bertz CT molecular complexity index is 1020. The number of aliphatic hydroxyl groups excluding tert-OH is 1. The van der Waals surface area contributed by atoms with Gasteiger partial charge in [-0.1, -0.05) is 62.2 Å². The minimum absolute atomic E-state index is 0.178. The summed E-state index contributed by atoms with van der Waals surface area (Å²) >= 11 is 0. The van der Waals surface area contributed by atoms with Crippen molar-refractivity contribution >= 4 is 0 Å². The summed E-state index contributed by atoms with van der Waals surface area (Å²) in [5.41, 5.74) is 2.73. The fraction of sp³-hybridized carbons (Fsp3) is 0.423. The minimum atomic E-state index is -0.407. The van der Waals surface area contributed by atoms with Crippen LogP contribution in [0.25, 0.3) is 11.3 Å². The van der Waals surface area contributed by atoms with Crippen molar-refractivity contribution in [3.05, 3.63) is 66.0 Å². The number of rotatable bonds is 11. The molecule has 1 atom stereocenters. The molecule has 0 spiro atoms. The molecular formula is C26H32FN3O2. The molecule has 1 heterocycles. The van der Waals surface area contributed by atoms with Gasteiger partial charge in [0, 0.05) is 31.7 Å². The van der Waals surface area contributed by atoms with Gasteiger partial charge in [0.25, 0.3) is 0 Å². The summed E-state index contributed by atoms with van der Waals surface area (Å²) in [6.07, 6.45) is 4.79. The summed E-state index contributed by atoms with van der Waals surface area (Å²) < 4.78 is 22.1. The van der Waals surface area contributed by atoms with Crippen molar-refractivity contribution in [1.29, 1.82) is 0 Å². The Kier molecular flexibility index (Phi) is 7.22. The van der Waals surface area contributed by atoms with Crippen LogP contribution in [0.5, 0.6) is 11.6 Å². The second-order valence-corrected chi connectivity index (χ2v) is 8.61. The molecule has 6 heteroatoms. The highest BCUT2D eigenvalue weighted by Gasteiger charge is 2.33. The van der Waals surface area contributed by atoms with Crippen LogP contribution in [0.3, 0.4) is 0 Å². The first-order chi connectivity index (χ1) is 15.6. The van der Waals surface area contributed by atoms with Gasteiger partial charge in [-0.2, -0.15) is 5.10 Å². The number of ether oxygens (including phenoxy) is 1. The molecule has 0 unspecified atom stereocenters. The number of nitrogens with zero attached hydrogens (tertiary/aromatic N) is 3. The number of aryl methyl sites for hydroxylation is 1. The maximum Gasteiger partial charge on any atom is 0.222 e. The van der Waals surface area contributed by atoms with Gasteiger partial charge in [-0.25, -0.2) is 9.07 Å². The summed E-state index contributed by atoms with van der Waals surface area (Å²) in [4.78, 5) is 2.33. The maximum absolute atomic E-state index is 14.4. The van der Waals surface area contributed by atoms with Crippen LogP contribution in [0.4, 0.5) is 4.39 Å². The van der Waals surface area contributed by atoms with Crippen molar-refractivity contribution < 1.29 is 14.2 Å². The third-order valence-electron chi connectivity index (χ3n) is 5.94. The van der Waals surface area contributed by atoms with Crippen molar-refractivity contribution in [1.82, 2.24) is 14.7 Å². The molecule has 1 saturated carbocycles. The standard InChI is InChI=1S/C26H32FN3O2/c1-3-4-12-21(31)17-30(20-15-16-20)18-22-25(19-10-6-5-7-11-19)28-29(2)26(22)32-24-14-9-8-13-23(24)27/h5-11,13-14,20-21,31H,3-4,12,15-18H2,1-2H3/t21-/m0/s1. The minimum Gasteiger partial charge on any atom is -0.436 e. The van der Waals surface area contributed by atoms with Crippen LogP contribution in [-0.2, 0) is 13.6 Å². The van der Waals surface area contributed by atoms with E-state index in [1.54, 1.807) is 22.9 Å². The van der Waals surface area contributed by atoms with E-state index >= 15 is 0 Å². The molecule has 0 aliphatic heterocycles. The molecule has 1 aliphatic carbocycles. The monoisotopic (exact) mass is 437 g/mol. The van der Waals surface area contributed by atoms with Crippen molar-refractivity contribution in [3.8, 4) is 22.9 Å². The highest BCUT2D eigenvalue weighted by Crippen LogP contribution is 2.37. The Hall–Kier alpha value is -2.70. The smallest absolute Gasteiger partial charge is 0.222 e. The second-order valence-electron chi connectivity index (χ2n) is 8.61. The van der Waals surface area contributed by atoms with Gasteiger partial charge in [-0.15, -0.1) is 0 Å². The molecule has 5 nitrogen and oxygen atoms in total. The quantitative estimate of drug-likeness (QED) is 0.428. The fourth-order valence-electron chi connectivity index (χ4n) is 4.07. The zero-order valence-electron chi connectivity index (χ0n) is 18.9. The van der Waals surface area contributed by atoms with E-state index in [1.807, 2.05) is 37.4 Å². The summed E-state index contributed by atoms with van der Waals surface area (Å²) in [6, 6.07) is 16.9. The highest BCUT2D eigenvalue weighted by atomic mass is 19.1. The van der Waals surface area contributed by atoms with Crippen molar-refractivity contribution in [2.45, 2.75) is 57.7 Å². The molecule has 0 radical (unpaired) electrons. The van der Waals surface area contributed by atoms with Crippen LogP contribution >= 0.6 is 0 Å². The molecule has 3 aromatic rings. The molecule has 1 aliphatic rings. The number of para-hydroxylation sites is 1. The van der Waals surface area contributed by atoms with Crippen LogP contribution < -0.4 is 4.74 Å². The molecular weight excluding hydrogens is 405 g/mol. The van der Waals surface area contributed by atoms with E-state index in [-0.39, 0.29) is 11.9 Å². The maximum atomic E-state index is 14.4. The Morgan fingerprint density at radius 2 is 1.88 bits per heavy atom. The molecule has 1 fully saturated rings. The highest BCUT2D eigenvalue weighted by molar-refractivity contribution is 5.65. The van der Waals surface area contributed by atoms with Crippen LogP contribution in [0.15, 0.2) is 54.6 Å². The zero-order valence-corrected chi connectivity index (χ0v) is 18.9. The van der Waals surface area contributed by atoms with Crippen LogP contribution in [-0.4, -0.2) is 38.5 Å². The summed E-state index contributed by atoms with van der Waals surface area (Å²) in [5.74, 6) is 0.301. The number of benzene rings is 2. The predicted molar refractivity (Wildman–Crippen MR) is 124 cm³/mol. The summed E-state index contributed by atoms with van der Waals surface area (Å²) in [5, 5.41) is 15.3. The van der Waals surface area contributed by atoms with Gasteiger partial charge in [-0.3, -0.25) is 4.90 Å². The molecule has 0 saturated heterocycles. The average molecular weight is 438 g/mol. The van der Waals surface area contributed by atoms with Crippen molar-refractivity contribution in [2.24, 2.45) is 7.05 Å². The van der Waals surface area contributed by atoms with Gasteiger partial charge in [-0.05, 0) is 31.4 Å². The van der Waals surface area contributed by atoms with Crippen molar-refractivity contribution in [3.63, 3.8) is 0 Å². The molecule has 4 rings (SSSR count). The molecule has 32 heavy (non-hydrogen) atoms. The van der Waals surface area contributed by atoms with Crippen LogP contribution in [0.1, 0.15) is 44.6 Å². The molecule has 1 N–H and O–H groups in total. The lowest BCUT2D eigenvalue weighted by Gasteiger charge is -2.25. The SMILES string of the molecule is CCCC[C@H](O)CN(Cc1c(-c2ccccc2)nn(C)c1Oc1ccccc1F)C1CC1. The van der Waals surface area contributed by atoms with E-state index in [0.29, 0.717) is 25.0 Å². The number of halogens is 1. The number of hydrogen-bond donors (Lipinski definition) is 1. The van der Waals surface area contributed by atoms with Gasteiger partial charge in [0.05, 0.1) is 11.7 Å². The number of unbranched alkanes of at least 4 members (excludes halogenated alkanes) is 1. The third kappa shape index (κ3) is 5.37. The first kappa shape index (κ1) is 22.5. The number of hydrogen-bond acceptors (Lipinski definition) is 4. The third-order valence-corrected chi connectivity index (χ3v) is 5.94.